The van der Waals surface area contributed by atoms with Crippen LogP contribution in [-0.4, -0.2) is 29.9 Å². The van der Waals surface area contributed by atoms with Gasteiger partial charge in [0.2, 0.25) is 5.96 Å². The lowest BCUT2D eigenvalue weighted by atomic mass is 10.0. The number of amidine groups is 1. The highest BCUT2D eigenvalue weighted by Gasteiger charge is 2.15. The molecule has 3 aromatic rings. The fourth-order valence-corrected chi connectivity index (χ4v) is 2.85. The van der Waals surface area contributed by atoms with E-state index >= 15 is 0 Å². The molecular weight excluding hydrogens is 302 g/mol. The third-order valence-corrected chi connectivity index (χ3v) is 3.93. The number of hydrogen-bond donors (Lipinski definition) is 4. The number of guanidine groups is 1. The highest BCUT2D eigenvalue weighted by molar-refractivity contribution is 6.18. The van der Waals surface area contributed by atoms with Gasteiger partial charge >= 0.3 is 0 Å². The molecule has 0 aliphatic carbocycles. The van der Waals surface area contributed by atoms with Crippen molar-refractivity contribution in [3.8, 4) is 0 Å². The number of para-hydroxylation sites is 2. The van der Waals surface area contributed by atoms with Crippen LogP contribution in [0, 0.1) is 0 Å². The number of nitrogens with two attached hydrogens (primary N) is 1. The molecule has 7 heteroatoms. The Bertz CT molecular complexity index is 907. The fraction of sp³-hybridized carbons (Fsp3) is 0.118. The lowest BCUT2D eigenvalue weighted by Crippen LogP contribution is -2.47. The number of fused-ring (bicyclic) bond motifs is 2. The fourth-order valence-electron chi connectivity index (χ4n) is 2.85. The predicted octanol–water partition coefficient (Wildman–Crippen LogP) is 1.06. The minimum atomic E-state index is 0.529. The van der Waals surface area contributed by atoms with Crippen LogP contribution in [0.3, 0.4) is 0 Å². The van der Waals surface area contributed by atoms with E-state index in [0.29, 0.717) is 11.8 Å². The molecule has 2 aromatic carbocycles. The average molecular weight is 319 g/mol. The summed E-state index contributed by atoms with van der Waals surface area (Å²) < 4.78 is 0. The van der Waals surface area contributed by atoms with Crippen molar-refractivity contribution in [3.63, 3.8) is 0 Å². The summed E-state index contributed by atoms with van der Waals surface area (Å²) in [5.74, 6) is 6.88. The summed E-state index contributed by atoms with van der Waals surface area (Å²) in [4.78, 5) is 9.00. The van der Waals surface area contributed by atoms with Crippen LogP contribution >= 0.6 is 0 Å². The standard InChI is InChI=1S/C17H17N7/c18-22-16(23-24-17-19-9-10-20-17)15-11-5-1-3-7-13(11)21-14-8-4-2-6-12(14)15/h1-8H,9-10,18H2,(H,22,23)(H2,19,20,24). The maximum Gasteiger partial charge on any atom is 0.210 e. The van der Waals surface area contributed by atoms with Gasteiger partial charge in [0.15, 0.2) is 5.84 Å². The second-order valence-corrected chi connectivity index (χ2v) is 5.41. The summed E-state index contributed by atoms with van der Waals surface area (Å²) in [6, 6.07) is 15.9. The number of nitrogens with one attached hydrogen (secondary N) is 3. The Morgan fingerprint density at radius 3 is 2.29 bits per heavy atom. The van der Waals surface area contributed by atoms with Crippen molar-refractivity contribution in [2.45, 2.75) is 0 Å². The first kappa shape index (κ1) is 14.3. The van der Waals surface area contributed by atoms with E-state index in [1.165, 1.54) is 0 Å². The number of hydrazone groups is 1. The predicted molar refractivity (Wildman–Crippen MR) is 96.5 cm³/mol. The number of aliphatic imine (C=N–C) groups is 1. The minimum Gasteiger partial charge on any atom is -0.353 e. The van der Waals surface area contributed by atoms with Crippen molar-refractivity contribution in [2.75, 3.05) is 13.1 Å². The van der Waals surface area contributed by atoms with Gasteiger partial charge < -0.3 is 11.2 Å². The maximum absolute atomic E-state index is 5.68. The molecule has 0 saturated carbocycles. The van der Waals surface area contributed by atoms with E-state index in [0.717, 1.165) is 40.5 Å². The average Bonchev–Trinajstić information content (AvgIpc) is 3.15. The second kappa shape index (κ2) is 6.04. The van der Waals surface area contributed by atoms with Gasteiger partial charge in [-0.2, -0.15) is 5.10 Å². The lowest BCUT2D eigenvalue weighted by molar-refractivity contribution is 0.824. The quantitative estimate of drug-likeness (QED) is 0.177. The van der Waals surface area contributed by atoms with E-state index in [4.69, 9.17) is 10.8 Å². The summed E-state index contributed by atoms with van der Waals surface area (Å²) in [6.45, 7) is 1.57. The molecular formula is C17H17N7. The molecule has 0 amide bonds. The maximum atomic E-state index is 5.68. The Morgan fingerprint density at radius 1 is 1.04 bits per heavy atom. The summed E-state index contributed by atoms with van der Waals surface area (Å²) in [5.41, 5.74) is 8.78. The summed E-state index contributed by atoms with van der Waals surface area (Å²) >= 11 is 0. The van der Waals surface area contributed by atoms with E-state index in [2.05, 4.69) is 26.3 Å². The summed E-state index contributed by atoms with van der Waals surface area (Å²) in [6.07, 6.45) is 0. The zero-order valence-corrected chi connectivity index (χ0v) is 13.0. The van der Waals surface area contributed by atoms with Gasteiger partial charge in [-0.05, 0) is 12.1 Å². The molecule has 0 fully saturated rings. The first-order chi connectivity index (χ1) is 11.9. The van der Waals surface area contributed by atoms with Crippen LogP contribution in [0.25, 0.3) is 21.8 Å². The van der Waals surface area contributed by atoms with Gasteiger partial charge in [-0.15, -0.1) is 0 Å². The molecule has 24 heavy (non-hydrogen) atoms. The molecule has 4 rings (SSSR count). The number of nitrogens with zero attached hydrogens (tertiary/aromatic N) is 3. The SMILES string of the molecule is N/N=C(/NNC1=NCCN1)c1c2ccccc2nc2ccccc12. The van der Waals surface area contributed by atoms with E-state index in [1.807, 2.05) is 48.5 Å². The first-order valence-electron chi connectivity index (χ1n) is 7.73. The molecule has 7 nitrogen and oxygen atoms in total. The third-order valence-electron chi connectivity index (χ3n) is 3.93. The number of hydrazine groups is 1. The third kappa shape index (κ3) is 2.45. The Morgan fingerprint density at radius 2 is 1.71 bits per heavy atom. The van der Waals surface area contributed by atoms with E-state index < -0.39 is 0 Å². The van der Waals surface area contributed by atoms with E-state index in [-0.39, 0.29) is 0 Å². The molecule has 0 unspecified atom stereocenters. The zero-order chi connectivity index (χ0) is 16.4. The monoisotopic (exact) mass is 319 g/mol. The van der Waals surface area contributed by atoms with Crippen LogP contribution < -0.4 is 22.0 Å². The smallest absolute Gasteiger partial charge is 0.210 e. The molecule has 5 N–H and O–H groups in total. The number of hydrogen-bond acceptors (Lipinski definition) is 6. The zero-order valence-electron chi connectivity index (χ0n) is 13.0. The van der Waals surface area contributed by atoms with Crippen LogP contribution in [-0.2, 0) is 0 Å². The topological polar surface area (TPSA) is 99.7 Å². The Balaban J connectivity index is 1.85. The normalized spacial score (nSPS) is 14.5. The number of rotatable bonds is 1. The van der Waals surface area contributed by atoms with Gasteiger partial charge in [0, 0.05) is 22.9 Å². The first-order valence-corrected chi connectivity index (χ1v) is 7.73. The lowest BCUT2D eigenvalue weighted by Gasteiger charge is -2.15. The molecule has 0 saturated heterocycles. The second-order valence-electron chi connectivity index (χ2n) is 5.41. The van der Waals surface area contributed by atoms with Crippen LogP contribution in [0.15, 0.2) is 58.6 Å². The number of aromatic nitrogens is 1. The highest BCUT2D eigenvalue weighted by Crippen LogP contribution is 2.25. The Kier molecular flexibility index (Phi) is 3.59. The summed E-state index contributed by atoms with van der Waals surface area (Å²) in [5, 5.41) is 9.05. The van der Waals surface area contributed by atoms with Crippen LogP contribution in [0.2, 0.25) is 0 Å². The minimum absolute atomic E-state index is 0.529. The van der Waals surface area contributed by atoms with Crippen molar-refractivity contribution in [3.05, 3.63) is 54.1 Å². The molecule has 0 spiro atoms. The van der Waals surface area contributed by atoms with Gasteiger partial charge in [0.1, 0.15) is 0 Å². The molecule has 0 radical (unpaired) electrons. The highest BCUT2D eigenvalue weighted by atomic mass is 15.5. The van der Waals surface area contributed by atoms with Crippen molar-refractivity contribution in [1.29, 1.82) is 0 Å². The van der Waals surface area contributed by atoms with Crippen molar-refractivity contribution >= 4 is 33.6 Å². The van der Waals surface area contributed by atoms with Crippen LogP contribution in [0.5, 0.6) is 0 Å². The largest absolute Gasteiger partial charge is 0.353 e. The Hall–Kier alpha value is -3.35. The van der Waals surface area contributed by atoms with Crippen molar-refractivity contribution in [1.82, 2.24) is 21.2 Å². The molecule has 1 aliphatic heterocycles. The summed E-state index contributed by atoms with van der Waals surface area (Å²) in [7, 11) is 0. The van der Waals surface area contributed by atoms with Gasteiger partial charge in [-0.25, -0.2) is 4.98 Å². The molecule has 1 aliphatic rings. The molecule has 0 bridgehead atoms. The molecule has 120 valence electrons. The molecule has 0 atom stereocenters. The number of pyridine rings is 1. The van der Waals surface area contributed by atoms with Gasteiger partial charge in [0.25, 0.3) is 0 Å². The van der Waals surface area contributed by atoms with E-state index in [9.17, 15) is 0 Å². The van der Waals surface area contributed by atoms with E-state index in [1.54, 1.807) is 0 Å². The molecule has 1 aromatic heterocycles. The van der Waals surface area contributed by atoms with Gasteiger partial charge in [-0.3, -0.25) is 15.8 Å². The molecule has 2 heterocycles. The van der Waals surface area contributed by atoms with Crippen molar-refractivity contribution < 1.29 is 0 Å². The number of benzene rings is 2. The van der Waals surface area contributed by atoms with Gasteiger partial charge in [-0.1, -0.05) is 36.4 Å². The van der Waals surface area contributed by atoms with Crippen LogP contribution in [0.1, 0.15) is 5.56 Å². The van der Waals surface area contributed by atoms with Gasteiger partial charge in [0.05, 0.1) is 17.6 Å². The van der Waals surface area contributed by atoms with Crippen LogP contribution in [0.4, 0.5) is 0 Å². The van der Waals surface area contributed by atoms with Crippen molar-refractivity contribution in [2.24, 2.45) is 15.9 Å². The Labute approximate surface area is 138 Å².